The summed E-state index contributed by atoms with van der Waals surface area (Å²) in [4.78, 5) is 20.3. The number of carboxylic acids is 1. The summed E-state index contributed by atoms with van der Waals surface area (Å²) in [7, 11) is -3.91. The second kappa shape index (κ2) is 11.6. The monoisotopic (exact) mass is 614 g/mol. The number of nitriles is 1. The molecule has 0 radical (unpaired) electrons. The summed E-state index contributed by atoms with van der Waals surface area (Å²) >= 11 is 6.03. The number of aliphatic carboxylic acids is 1. The van der Waals surface area contributed by atoms with Crippen LogP contribution in [0.2, 0.25) is 5.02 Å². The molecule has 16 heteroatoms. The highest BCUT2D eigenvalue weighted by atomic mass is 35.5. The molecule has 1 aliphatic carbocycles. The summed E-state index contributed by atoms with van der Waals surface area (Å²) in [6, 6.07) is 9.78. The van der Waals surface area contributed by atoms with Crippen LogP contribution >= 0.6 is 11.6 Å². The number of sulfonamides is 1. The normalized spacial score (nSPS) is 16.1. The van der Waals surface area contributed by atoms with Gasteiger partial charge in [-0.25, -0.2) is 27.6 Å². The Morgan fingerprint density at radius 1 is 1.12 bits per heavy atom. The second-order valence-electron chi connectivity index (χ2n) is 9.33. The molecular formula is C25H23ClF4N6O4S. The van der Waals surface area contributed by atoms with Crippen molar-refractivity contribution < 1.29 is 35.9 Å². The lowest BCUT2D eigenvalue weighted by Gasteiger charge is -2.35. The van der Waals surface area contributed by atoms with Gasteiger partial charge in [0.1, 0.15) is 5.82 Å². The fraction of sp³-hybridized carbons (Fsp3) is 0.360. The number of hydrogen-bond acceptors (Lipinski definition) is 8. The predicted octanol–water partition coefficient (Wildman–Crippen LogP) is 4.32. The largest absolute Gasteiger partial charge is 0.490 e. The standard InChI is InChI=1S/C23H22ClFN6O2S.C2HF3O2/c1-14-18(24)11-16(25)12-21(14)34(32,33)31-8-6-30(7-9-31)23-22(27-17-3-4-17)28-19-5-2-15(13-26)10-20(19)29-23;3-2(4,5)1(6)7/h2,5,10-12,17H,3-4,6-9H2,1H3,(H,27,28);(H,6,7). The maximum Gasteiger partial charge on any atom is 0.490 e. The lowest BCUT2D eigenvalue weighted by Crippen LogP contribution is -2.49. The van der Waals surface area contributed by atoms with E-state index >= 15 is 0 Å². The Balaban J connectivity index is 0.000000493. The quantitative estimate of drug-likeness (QED) is 0.402. The smallest absolute Gasteiger partial charge is 0.475 e. The summed E-state index contributed by atoms with van der Waals surface area (Å²) in [5.41, 5.74) is 2.12. The third-order valence-electron chi connectivity index (χ3n) is 6.35. The fourth-order valence-corrected chi connectivity index (χ4v) is 5.96. The Morgan fingerprint density at radius 2 is 1.76 bits per heavy atom. The summed E-state index contributed by atoms with van der Waals surface area (Å²) in [6.07, 6.45) is -2.96. The van der Waals surface area contributed by atoms with Crippen molar-refractivity contribution in [3.05, 3.63) is 52.3 Å². The molecule has 0 spiro atoms. The van der Waals surface area contributed by atoms with E-state index in [1.54, 1.807) is 25.1 Å². The van der Waals surface area contributed by atoms with E-state index in [4.69, 9.17) is 31.5 Å². The van der Waals surface area contributed by atoms with Crippen molar-refractivity contribution in [1.82, 2.24) is 14.3 Å². The van der Waals surface area contributed by atoms with Crippen LogP contribution in [0.25, 0.3) is 11.0 Å². The Hall–Kier alpha value is -3.74. The number of halogens is 5. The third-order valence-corrected chi connectivity index (χ3v) is 8.77. The summed E-state index contributed by atoms with van der Waals surface area (Å²) in [5, 5.41) is 19.9. The zero-order valence-electron chi connectivity index (χ0n) is 21.4. The molecule has 1 aromatic heterocycles. The van der Waals surface area contributed by atoms with Gasteiger partial charge in [0.25, 0.3) is 0 Å². The van der Waals surface area contributed by atoms with E-state index in [-0.39, 0.29) is 23.0 Å². The summed E-state index contributed by atoms with van der Waals surface area (Å²) < 4.78 is 73.5. The molecule has 2 aromatic carbocycles. The molecule has 0 bridgehead atoms. The molecular weight excluding hydrogens is 592 g/mol. The maximum absolute atomic E-state index is 13.9. The molecule has 1 aliphatic heterocycles. The van der Waals surface area contributed by atoms with Crippen LogP contribution in [-0.4, -0.2) is 72.2 Å². The van der Waals surface area contributed by atoms with Gasteiger partial charge in [0, 0.05) is 37.2 Å². The molecule has 1 saturated carbocycles. The Labute approximate surface area is 237 Å². The maximum atomic E-state index is 13.9. The highest BCUT2D eigenvalue weighted by Gasteiger charge is 2.38. The average molecular weight is 615 g/mol. The lowest BCUT2D eigenvalue weighted by atomic mass is 10.2. The number of benzene rings is 2. The first kappa shape index (κ1) is 30.2. The molecule has 2 fully saturated rings. The molecule has 0 atom stereocenters. The van der Waals surface area contributed by atoms with Crippen LogP contribution in [0, 0.1) is 24.1 Å². The number of nitrogens with one attached hydrogen (secondary N) is 1. The van der Waals surface area contributed by atoms with Crippen molar-refractivity contribution in [1.29, 1.82) is 5.26 Å². The summed E-state index contributed by atoms with van der Waals surface area (Å²) in [5.74, 6) is -2.15. The Bertz CT molecular complexity index is 1640. The Kier molecular flexibility index (Phi) is 8.57. The van der Waals surface area contributed by atoms with Crippen molar-refractivity contribution in [2.24, 2.45) is 0 Å². The molecule has 0 unspecified atom stereocenters. The first-order chi connectivity index (χ1) is 19.2. The van der Waals surface area contributed by atoms with Crippen molar-refractivity contribution in [2.45, 2.75) is 36.9 Å². The minimum Gasteiger partial charge on any atom is -0.475 e. The number of rotatable bonds is 5. The number of carbonyl (C=O) groups is 1. The molecule has 10 nitrogen and oxygen atoms in total. The molecule has 3 aromatic rings. The highest BCUT2D eigenvalue weighted by molar-refractivity contribution is 7.89. The van der Waals surface area contributed by atoms with Crippen LogP contribution in [0.5, 0.6) is 0 Å². The lowest BCUT2D eigenvalue weighted by molar-refractivity contribution is -0.192. The first-order valence-electron chi connectivity index (χ1n) is 12.2. The van der Waals surface area contributed by atoms with Crippen LogP contribution in [0.3, 0.4) is 0 Å². The highest BCUT2D eigenvalue weighted by Crippen LogP contribution is 2.33. The average Bonchev–Trinajstić information content (AvgIpc) is 3.74. The van der Waals surface area contributed by atoms with Crippen LogP contribution < -0.4 is 10.2 Å². The summed E-state index contributed by atoms with van der Waals surface area (Å²) in [6.45, 7) is 2.76. The van der Waals surface area contributed by atoms with E-state index in [2.05, 4.69) is 11.4 Å². The topological polar surface area (TPSA) is 140 Å². The zero-order valence-corrected chi connectivity index (χ0v) is 23.0. The molecule has 218 valence electrons. The van der Waals surface area contributed by atoms with Crippen LogP contribution in [0.1, 0.15) is 24.0 Å². The van der Waals surface area contributed by atoms with E-state index in [1.165, 1.54) is 4.31 Å². The Morgan fingerprint density at radius 3 is 2.32 bits per heavy atom. The number of alkyl halides is 3. The molecule has 2 N–H and O–H groups in total. The van der Waals surface area contributed by atoms with Crippen molar-refractivity contribution in [3.8, 4) is 6.07 Å². The molecule has 2 heterocycles. The van der Waals surface area contributed by atoms with Gasteiger partial charge >= 0.3 is 12.1 Å². The van der Waals surface area contributed by atoms with E-state index in [1.807, 2.05) is 4.90 Å². The van der Waals surface area contributed by atoms with E-state index in [9.17, 15) is 31.2 Å². The van der Waals surface area contributed by atoms with Gasteiger partial charge in [-0.15, -0.1) is 0 Å². The van der Waals surface area contributed by atoms with Gasteiger partial charge in [-0.3, -0.25) is 0 Å². The zero-order chi connectivity index (χ0) is 30.1. The SMILES string of the molecule is Cc1c(Cl)cc(F)cc1S(=O)(=O)N1CCN(c2nc3cc(C#N)ccc3nc2NC2CC2)CC1.O=C(O)C(F)(F)F. The van der Waals surface area contributed by atoms with Crippen LogP contribution in [0.15, 0.2) is 35.2 Å². The van der Waals surface area contributed by atoms with Crippen LogP contribution in [-0.2, 0) is 14.8 Å². The number of piperazine rings is 1. The third kappa shape index (κ3) is 6.95. The van der Waals surface area contributed by atoms with Crippen molar-refractivity contribution in [2.75, 3.05) is 36.4 Å². The number of fused-ring (bicyclic) bond motifs is 1. The van der Waals surface area contributed by atoms with Crippen LogP contribution in [0.4, 0.5) is 29.2 Å². The molecule has 41 heavy (non-hydrogen) atoms. The predicted molar refractivity (Wildman–Crippen MR) is 142 cm³/mol. The number of carboxylic acid groups (broad SMARTS) is 1. The minimum atomic E-state index is -5.08. The van der Waals surface area contributed by atoms with Crippen molar-refractivity contribution in [3.63, 3.8) is 0 Å². The fourth-order valence-electron chi connectivity index (χ4n) is 4.02. The number of aromatic nitrogens is 2. The van der Waals surface area contributed by atoms with Gasteiger partial charge in [-0.1, -0.05) is 11.6 Å². The number of hydrogen-bond donors (Lipinski definition) is 2. The molecule has 1 saturated heterocycles. The first-order valence-corrected chi connectivity index (χ1v) is 14.0. The number of nitrogens with zero attached hydrogens (tertiary/aromatic N) is 5. The van der Waals surface area contributed by atoms with Gasteiger partial charge < -0.3 is 15.3 Å². The number of anilines is 2. The van der Waals surface area contributed by atoms with Gasteiger partial charge in [-0.05, 0) is 55.7 Å². The minimum absolute atomic E-state index is 0.0798. The van der Waals surface area contributed by atoms with Gasteiger partial charge in [-0.2, -0.15) is 22.7 Å². The molecule has 2 aliphatic rings. The van der Waals surface area contributed by atoms with E-state index in [0.29, 0.717) is 52.9 Å². The second-order valence-corrected chi connectivity index (χ2v) is 11.6. The van der Waals surface area contributed by atoms with Gasteiger partial charge in [0.2, 0.25) is 10.0 Å². The van der Waals surface area contributed by atoms with E-state index in [0.717, 1.165) is 25.0 Å². The van der Waals surface area contributed by atoms with Gasteiger partial charge in [0.05, 0.1) is 27.6 Å². The molecule has 0 amide bonds. The van der Waals surface area contributed by atoms with Gasteiger partial charge in [0.15, 0.2) is 11.6 Å². The van der Waals surface area contributed by atoms with E-state index < -0.39 is 28.0 Å². The molecule has 5 rings (SSSR count). The van der Waals surface area contributed by atoms with Crippen molar-refractivity contribution >= 4 is 50.3 Å².